The number of hydrogen-bond acceptors (Lipinski definition) is 6. The van der Waals surface area contributed by atoms with Crippen molar-refractivity contribution in [3.8, 4) is 0 Å². The molecule has 0 aliphatic heterocycles. The first-order valence-electron chi connectivity index (χ1n) is 13.2. The van der Waals surface area contributed by atoms with E-state index in [1.54, 1.807) is 49.4 Å². The summed E-state index contributed by atoms with van der Waals surface area (Å²) in [4.78, 5) is 39.3. The van der Waals surface area contributed by atoms with Crippen LogP contribution >= 0.6 is 11.6 Å². The van der Waals surface area contributed by atoms with Crippen LogP contribution in [0.4, 0.5) is 11.4 Å². The summed E-state index contributed by atoms with van der Waals surface area (Å²) in [6.07, 6.45) is 3.74. The van der Waals surface area contributed by atoms with Crippen LogP contribution < -0.4 is 9.62 Å². The number of nitrogens with zero attached hydrogens (tertiary/aromatic N) is 3. The van der Waals surface area contributed by atoms with E-state index in [0.29, 0.717) is 10.6 Å². The first-order valence-corrected chi connectivity index (χ1v) is 15.0. The smallest absolute Gasteiger partial charge is 0.271 e. The van der Waals surface area contributed by atoms with Gasteiger partial charge in [-0.1, -0.05) is 60.8 Å². The SMILES string of the molecule is C[C@H](C(=O)NC1CCCC1)N(Cc1cccc(Cl)c1)C(=O)CN(c1cccc([N+](=O)[O-])c1)S(=O)(=O)c1ccccc1. The van der Waals surface area contributed by atoms with Crippen molar-refractivity contribution in [3.63, 3.8) is 0 Å². The average Bonchev–Trinajstić information content (AvgIpc) is 3.47. The highest BCUT2D eigenvalue weighted by Crippen LogP contribution is 2.28. The van der Waals surface area contributed by atoms with Gasteiger partial charge in [-0.3, -0.25) is 24.0 Å². The van der Waals surface area contributed by atoms with Gasteiger partial charge in [0.1, 0.15) is 12.6 Å². The number of hydrogen-bond donors (Lipinski definition) is 1. The number of nitro benzene ring substituents is 1. The zero-order valence-electron chi connectivity index (χ0n) is 22.5. The Morgan fingerprint density at radius 1 is 1.02 bits per heavy atom. The van der Waals surface area contributed by atoms with Crippen LogP contribution in [0.2, 0.25) is 5.02 Å². The minimum atomic E-state index is -4.33. The lowest BCUT2D eigenvalue weighted by molar-refractivity contribution is -0.384. The van der Waals surface area contributed by atoms with Gasteiger partial charge >= 0.3 is 0 Å². The van der Waals surface area contributed by atoms with Gasteiger partial charge in [-0.25, -0.2) is 8.42 Å². The Morgan fingerprint density at radius 3 is 2.37 bits per heavy atom. The molecule has 4 rings (SSSR count). The summed E-state index contributed by atoms with van der Waals surface area (Å²) in [6, 6.07) is 18.5. The van der Waals surface area contributed by atoms with Gasteiger partial charge in [-0.15, -0.1) is 0 Å². The zero-order chi connectivity index (χ0) is 29.6. The zero-order valence-corrected chi connectivity index (χ0v) is 24.1. The summed E-state index contributed by atoms with van der Waals surface area (Å²) in [5, 5.41) is 14.9. The molecule has 0 radical (unpaired) electrons. The molecule has 1 aliphatic carbocycles. The van der Waals surface area contributed by atoms with Crippen molar-refractivity contribution >= 4 is 44.8 Å². The molecule has 12 heteroatoms. The van der Waals surface area contributed by atoms with Crippen LogP contribution in [0, 0.1) is 10.1 Å². The number of anilines is 1. The minimum Gasteiger partial charge on any atom is -0.352 e. The molecule has 1 atom stereocenters. The predicted molar refractivity (Wildman–Crippen MR) is 156 cm³/mol. The molecule has 1 N–H and O–H groups in total. The van der Waals surface area contributed by atoms with Crippen molar-refractivity contribution in [3.05, 3.63) is 99.6 Å². The molecule has 2 amide bonds. The number of carbonyl (C=O) groups excluding carboxylic acids is 2. The number of nitrogens with one attached hydrogen (secondary N) is 1. The third kappa shape index (κ3) is 7.42. The molecule has 1 aliphatic rings. The van der Waals surface area contributed by atoms with Crippen molar-refractivity contribution in [2.75, 3.05) is 10.8 Å². The molecule has 10 nitrogen and oxygen atoms in total. The number of amides is 2. The number of halogens is 1. The maximum absolute atomic E-state index is 14.0. The molecular formula is C29H31ClN4O6S. The maximum atomic E-state index is 14.0. The van der Waals surface area contributed by atoms with Gasteiger partial charge in [0.2, 0.25) is 11.8 Å². The van der Waals surface area contributed by atoms with Crippen LogP contribution in [0.5, 0.6) is 0 Å². The van der Waals surface area contributed by atoms with Crippen LogP contribution in [0.15, 0.2) is 83.8 Å². The highest BCUT2D eigenvalue weighted by atomic mass is 35.5. The Morgan fingerprint density at radius 2 is 1.71 bits per heavy atom. The fraction of sp³-hybridized carbons (Fsp3) is 0.310. The standard InChI is InChI=1S/C29H31ClN4O6S/c1-21(29(36)31-24-11-5-6-12-24)32(19-22-9-7-10-23(30)17-22)28(35)20-33(25-13-8-14-26(18-25)34(37)38)41(39,40)27-15-3-2-4-16-27/h2-4,7-10,13-18,21,24H,5-6,11-12,19-20H2,1H3,(H,31,36)/t21-/m1/s1. The minimum absolute atomic E-state index is 0.00713. The van der Waals surface area contributed by atoms with Crippen LogP contribution in [0.25, 0.3) is 0 Å². The molecule has 0 unspecified atom stereocenters. The van der Waals surface area contributed by atoms with E-state index < -0.39 is 33.4 Å². The third-order valence-electron chi connectivity index (χ3n) is 7.05. The molecule has 3 aromatic rings. The van der Waals surface area contributed by atoms with Crippen molar-refractivity contribution in [1.82, 2.24) is 10.2 Å². The fourth-order valence-electron chi connectivity index (χ4n) is 4.82. The Labute approximate surface area is 244 Å². The maximum Gasteiger partial charge on any atom is 0.271 e. The van der Waals surface area contributed by atoms with Gasteiger partial charge in [-0.05, 0) is 55.7 Å². The highest BCUT2D eigenvalue weighted by Gasteiger charge is 2.33. The lowest BCUT2D eigenvalue weighted by Crippen LogP contribution is -2.52. The molecule has 0 bridgehead atoms. The quantitative estimate of drug-likeness (QED) is 0.246. The summed E-state index contributed by atoms with van der Waals surface area (Å²) in [5.74, 6) is -1.01. The Balaban J connectivity index is 1.71. The predicted octanol–water partition coefficient (Wildman–Crippen LogP) is 4.92. The summed E-state index contributed by atoms with van der Waals surface area (Å²) >= 11 is 6.17. The Hall–Kier alpha value is -3.96. The molecule has 0 aromatic heterocycles. The average molecular weight is 599 g/mol. The number of carbonyl (C=O) groups is 2. The van der Waals surface area contributed by atoms with E-state index >= 15 is 0 Å². The number of sulfonamides is 1. The van der Waals surface area contributed by atoms with Crippen LogP contribution in [-0.4, -0.2) is 48.7 Å². The lowest BCUT2D eigenvalue weighted by atomic mass is 10.1. The lowest BCUT2D eigenvalue weighted by Gasteiger charge is -2.32. The number of non-ortho nitro benzene ring substituents is 1. The van der Waals surface area contributed by atoms with E-state index in [4.69, 9.17) is 11.6 Å². The second-order valence-corrected chi connectivity index (χ2v) is 12.2. The van der Waals surface area contributed by atoms with E-state index in [0.717, 1.165) is 36.1 Å². The van der Waals surface area contributed by atoms with E-state index in [2.05, 4.69) is 5.32 Å². The van der Waals surface area contributed by atoms with Gasteiger partial charge in [0, 0.05) is 29.7 Å². The van der Waals surface area contributed by atoms with Crippen molar-refractivity contribution in [2.24, 2.45) is 0 Å². The van der Waals surface area contributed by atoms with Crippen molar-refractivity contribution in [2.45, 2.75) is 56.1 Å². The number of rotatable bonds is 11. The molecule has 0 spiro atoms. The first kappa shape index (κ1) is 30.0. The summed E-state index contributed by atoms with van der Waals surface area (Å²) < 4.78 is 28.4. The van der Waals surface area contributed by atoms with Gasteiger partial charge in [0.05, 0.1) is 15.5 Å². The summed E-state index contributed by atoms with van der Waals surface area (Å²) in [6.45, 7) is 0.892. The topological polar surface area (TPSA) is 130 Å². The Bertz CT molecular complexity index is 1510. The first-order chi connectivity index (χ1) is 19.6. The number of nitro groups is 1. The second-order valence-electron chi connectivity index (χ2n) is 9.92. The van der Waals surface area contributed by atoms with Crippen molar-refractivity contribution in [1.29, 1.82) is 0 Å². The fourth-order valence-corrected chi connectivity index (χ4v) is 6.46. The summed E-state index contributed by atoms with van der Waals surface area (Å²) in [5.41, 5.74) is 0.268. The van der Waals surface area contributed by atoms with E-state index in [1.165, 1.54) is 35.2 Å². The normalized spacial score (nSPS) is 14.3. The largest absolute Gasteiger partial charge is 0.352 e. The van der Waals surface area contributed by atoms with Crippen LogP contribution in [-0.2, 0) is 26.2 Å². The highest BCUT2D eigenvalue weighted by molar-refractivity contribution is 7.92. The molecule has 41 heavy (non-hydrogen) atoms. The molecule has 0 heterocycles. The number of benzene rings is 3. The second kappa shape index (κ2) is 13.1. The van der Waals surface area contributed by atoms with Crippen LogP contribution in [0.3, 0.4) is 0 Å². The van der Waals surface area contributed by atoms with E-state index in [9.17, 15) is 28.1 Å². The summed E-state index contributed by atoms with van der Waals surface area (Å²) in [7, 11) is -4.33. The van der Waals surface area contributed by atoms with Crippen LogP contribution in [0.1, 0.15) is 38.2 Å². The van der Waals surface area contributed by atoms with Gasteiger partial charge in [0.15, 0.2) is 0 Å². The van der Waals surface area contributed by atoms with Crippen molar-refractivity contribution < 1.29 is 22.9 Å². The molecule has 1 saturated carbocycles. The monoisotopic (exact) mass is 598 g/mol. The molecule has 216 valence electrons. The molecular weight excluding hydrogens is 568 g/mol. The Kier molecular flexibility index (Phi) is 9.61. The molecule has 0 saturated heterocycles. The molecule has 1 fully saturated rings. The van der Waals surface area contributed by atoms with Gasteiger partial charge in [-0.2, -0.15) is 0 Å². The van der Waals surface area contributed by atoms with E-state index in [1.807, 2.05) is 0 Å². The van der Waals surface area contributed by atoms with Gasteiger partial charge in [0.25, 0.3) is 15.7 Å². The molecule has 3 aromatic carbocycles. The van der Waals surface area contributed by atoms with Gasteiger partial charge < -0.3 is 10.2 Å². The third-order valence-corrected chi connectivity index (χ3v) is 9.07. The van der Waals surface area contributed by atoms with E-state index in [-0.39, 0.29) is 34.8 Å².